The average molecular weight is 197 g/mol. The van der Waals surface area contributed by atoms with Crippen LogP contribution in [0.25, 0.3) is 0 Å². The fourth-order valence-electron chi connectivity index (χ4n) is 0.539. The number of thiol groups is 1. The molecule has 0 heterocycles. The van der Waals surface area contributed by atoms with E-state index in [-0.39, 0.29) is 0 Å². The van der Waals surface area contributed by atoms with E-state index in [2.05, 4.69) is 25.1 Å². The monoisotopic (exact) mass is 197 g/mol. The van der Waals surface area contributed by atoms with Crippen molar-refractivity contribution in [2.24, 2.45) is 5.50 Å². The van der Waals surface area contributed by atoms with Gasteiger partial charge in [0.05, 0.1) is 0 Å². The van der Waals surface area contributed by atoms with Crippen LogP contribution in [0, 0.1) is 0 Å². The lowest BCUT2D eigenvalue weighted by atomic mass is 10.2. The van der Waals surface area contributed by atoms with Crippen molar-refractivity contribution >= 4 is 21.2 Å². The Morgan fingerprint density at radius 1 is 1.27 bits per heavy atom. The maximum atomic E-state index is 8.81. The summed E-state index contributed by atoms with van der Waals surface area (Å²) in [4.78, 5) is 17.6. The van der Waals surface area contributed by atoms with Crippen LogP contribution in [0.5, 0.6) is 0 Å². The first-order chi connectivity index (χ1) is 5.15. The van der Waals surface area contributed by atoms with Crippen molar-refractivity contribution in [2.75, 3.05) is 5.75 Å². The summed E-state index contributed by atoms with van der Waals surface area (Å²) in [5, 5.41) is 0. The van der Waals surface area contributed by atoms with Crippen molar-refractivity contribution in [1.82, 2.24) is 0 Å². The Labute approximate surface area is 75.4 Å². The highest BCUT2D eigenvalue weighted by atomic mass is 32.1. The van der Waals surface area contributed by atoms with Crippen LogP contribution in [0.2, 0.25) is 0 Å². The van der Waals surface area contributed by atoms with E-state index < -0.39 is 8.53 Å². The number of nitrogens with two attached hydrogens (primary N) is 1. The maximum Gasteiger partial charge on any atom is -0.00979 e. The SMILES string of the molecule is CCCCCCS.NP([O-])[O-]. The van der Waals surface area contributed by atoms with Gasteiger partial charge < -0.3 is 15.3 Å². The molecule has 0 spiro atoms. The van der Waals surface area contributed by atoms with Gasteiger partial charge in [0.15, 0.2) is 0 Å². The van der Waals surface area contributed by atoms with E-state index in [1.807, 2.05) is 0 Å². The molecule has 0 fully saturated rings. The van der Waals surface area contributed by atoms with E-state index in [1.165, 1.54) is 25.7 Å². The Hall–Kier alpha value is 0.660. The summed E-state index contributed by atoms with van der Waals surface area (Å²) in [6.07, 6.45) is 5.35. The van der Waals surface area contributed by atoms with Gasteiger partial charge in [0.2, 0.25) is 0 Å². The number of hydrogen-bond donors (Lipinski definition) is 2. The van der Waals surface area contributed by atoms with Crippen LogP contribution in [-0.2, 0) is 0 Å². The Kier molecular flexibility index (Phi) is 17.1. The first-order valence-corrected chi connectivity index (χ1v) is 5.53. The molecule has 0 aromatic carbocycles. The van der Waals surface area contributed by atoms with Crippen molar-refractivity contribution in [1.29, 1.82) is 0 Å². The third kappa shape index (κ3) is 36.8. The molecule has 0 aromatic heterocycles. The Morgan fingerprint density at radius 3 is 2.00 bits per heavy atom. The summed E-state index contributed by atoms with van der Waals surface area (Å²) in [6.45, 7) is 2.22. The third-order valence-electron chi connectivity index (χ3n) is 1.01. The van der Waals surface area contributed by atoms with Gasteiger partial charge in [-0.3, -0.25) is 0 Å². The molecule has 0 saturated heterocycles. The zero-order valence-electron chi connectivity index (χ0n) is 6.82. The van der Waals surface area contributed by atoms with E-state index in [1.54, 1.807) is 0 Å². The van der Waals surface area contributed by atoms with Gasteiger partial charge in [-0.25, -0.2) is 8.53 Å². The molecule has 0 aliphatic carbocycles. The highest BCUT2D eigenvalue weighted by molar-refractivity contribution is 7.80. The Balaban J connectivity index is 0. The quantitative estimate of drug-likeness (QED) is 0.389. The molecular formula is C6H16NO2PS-2. The third-order valence-corrected chi connectivity index (χ3v) is 1.33. The standard InChI is InChI=1S/C6H14S.H2NO2P/c1-2-3-4-5-6-7;1-4(2)3/h7H,2-6H2,1H3;1H2/q;-2. The molecule has 0 unspecified atom stereocenters. The molecule has 0 aromatic rings. The van der Waals surface area contributed by atoms with Crippen LogP contribution in [0.1, 0.15) is 32.6 Å². The van der Waals surface area contributed by atoms with Crippen molar-refractivity contribution in [2.45, 2.75) is 32.6 Å². The summed E-state index contributed by atoms with van der Waals surface area (Å²) in [5.74, 6) is 1.06. The van der Waals surface area contributed by atoms with Crippen molar-refractivity contribution in [3.8, 4) is 0 Å². The van der Waals surface area contributed by atoms with E-state index >= 15 is 0 Å². The van der Waals surface area contributed by atoms with Crippen LogP contribution in [0.3, 0.4) is 0 Å². The van der Waals surface area contributed by atoms with Crippen molar-refractivity contribution in [3.63, 3.8) is 0 Å². The number of unbranched alkanes of at least 4 members (excludes halogenated alkanes) is 3. The van der Waals surface area contributed by atoms with Crippen LogP contribution < -0.4 is 15.3 Å². The first kappa shape index (κ1) is 14.2. The van der Waals surface area contributed by atoms with Gasteiger partial charge in [0, 0.05) is 0 Å². The minimum Gasteiger partial charge on any atom is -0.830 e. The molecule has 0 amide bonds. The first-order valence-electron chi connectivity index (χ1n) is 3.65. The lowest BCUT2D eigenvalue weighted by Gasteiger charge is -2.22. The van der Waals surface area contributed by atoms with Crippen molar-refractivity contribution in [3.05, 3.63) is 0 Å². The lowest BCUT2D eigenvalue weighted by molar-refractivity contribution is -0.292. The summed E-state index contributed by atoms with van der Waals surface area (Å²) >= 11 is 4.09. The van der Waals surface area contributed by atoms with Gasteiger partial charge in [-0.15, -0.1) is 0 Å². The summed E-state index contributed by atoms with van der Waals surface area (Å²) in [5.41, 5.74) is 4.06. The molecule has 5 heteroatoms. The average Bonchev–Trinajstić information content (AvgIpc) is 1.88. The molecule has 0 radical (unpaired) electrons. The molecule has 2 N–H and O–H groups in total. The Bertz CT molecular complexity index is 59.8. The fraction of sp³-hybridized carbons (Fsp3) is 1.00. The van der Waals surface area contributed by atoms with Crippen LogP contribution in [0.15, 0.2) is 0 Å². The van der Waals surface area contributed by atoms with E-state index in [9.17, 15) is 0 Å². The molecule has 0 aliphatic rings. The number of hydrogen-bond acceptors (Lipinski definition) is 4. The summed E-state index contributed by atoms with van der Waals surface area (Å²) < 4.78 is 0. The lowest BCUT2D eigenvalue weighted by Crippen LogP contribution is -2.14. The molecular weight excluding hydrogens is 181 g/mol. The van der Waals surface area contributed by atoms with Crippen LogP contribution >= 0.6 is 21.2 Å². The summed E-state index contributed by atoms with van der Waals surface area (Å²) in [7, 11) is -2.62. The largest absolute Gasteiger partial charge is 0.830 e. The molecule has 11 heavy (non-hydrogen) atoms. The number of rotatable bonds is 4. The zero-order valence-corrected chi connectivity index (χ0v) is 8.61. The molecule has 3 nitrogen and oxygen atoms in total. The topological polar surface area (TPSA) is 72.1 Å². The molecule has 0 bridgehead atoms. The Morgan fingerprint density at radius 2 is 1.73 bits per heavy atom. The molecule has 0 saturated carbocycles. The zero-order chi connectivity index (χ0) is 9.11. The van der Waals surface area contributed by atoms with Gasteiger partial charge in [0.25, 0.3) is 0 Å². The highest BCUT2D eigenvalue weighted by Gasteiger charge is 1.80. The van der Waals surface area contributed by atoms with E-state index in [4.69, 9.17) is 9.79 Å². The van der Waals surface area contributed by atoms with Gasteiger partial charge in [0.1, 0.15) is 0 Å². The highest BCUT2D eigenvalue weighted by Crippen LogP contribution is 1.98. The second-order valence-corrected chi connectivity index (χ2v) is 3.09. The predicted molar refractivity (Wildman–Crippen MR) is 49.1 cm³/mol. The minimum absolute atomic E-state index is 1.06. The smallest absolute Gasteiger partial charge is 0.00979 e. The van der Waals surface area contributed by atoms with Crippen molar-refractivity contribution < 1.29 is 9.79 Å². The summed E-state index contributed by atoms with van der Waals surface area (Å²) in [6, 6.07) is 0. The van der Waals surface area contributed by atoms with Gasteiger partial charge in [-0.1, -0.05) is 26.2 Å². The molecule has 0 atom stereocenters. The van der Waals surface area contributed by atoms with Gasteiger partial charge >= 0.3 is 0 Å². The van der Waals surface area contributed by atoms with E-state index in [0.717, 1.165) is 5.75 Å². The van der Waals surface area contributed by atoms with Crippen LogP contribution in [-0.4, -0.2) is 5.75 Å². The second kappa shape index (κ2) is 13.3. The molecule has 0 rings (SSSR count). The van der Waals surface area contributed by atoms with E-state index in [0.29, 0.717) is 0 Å². The molecule has 70 valence electrons. The maximum absolute atomic E-state index is 8.81. The second-order valence-electron chi connectivity index (χ2n) is 2.07. The minimum atomic E-state index is -2.62. The predicted octanol–water partition coefficient (Wildman–Crippen LogP) is 0.389. The fourth-order valence-corrected chi connectivity index (χ4v) is 0.762. The van der Waals surface area contributed by atoms with Gasteiger partial charge in [-0.05, 0) is 12.2 Å². The van der Waals surface area contributed by atoms with Crippen LogP contribution in [0.4, 0.5) is 0 Å². The van der Waals surface area contributed by atoms with Gasteiger partial charge in [-0.2, -0.15) is 12.6 Å². The molecule has 0 aliphatic heterocycles. The normalized spacial score (nSPS) is 9.27.